The van der Waals surface area contributed by atoms with Crippen LogP contribution in [0.1, 0.15) is 20.8 Å². The Balaban J connectivity index is 2.94. The Bertz CT molecular complexity index is 227. The Labute approximate surface area is 64.4 Å². The fourth-order valence-corrected chi connectivity index (χ4v) is 0.717. The minimum absolute atomic E-state index is 0.101. The van der Waals surface area contributed by atoms with Gasteiger partial charge in [0, 0.05) is 13.8 Å². The molecule has 0 spiro atoms. The maximum absolute atomic E-state index is 10.9. The van der Waals surface area contributed by atoms with Gasteiger partial charge in [0.05, 0.1) is 0 Å². The van der Waals surface area contributed by atoms with E-state index < -0.39 is 11.8 Å². The van der Waals surface area contributed by atoms with Gasteiger partial charge in [0.25, 0.3) is 11.7 Å². The van der Waals surface area contributed by atoms with Gasteiger partial charge in [0.1, 0.15) is 5.57 Å². The van der Waals surface area contributed by atoms with E-state index in [1.54, 1.807) is 13.8 Å². The largest absolute Gasteiger partial charge is 0.481 e. The van der Waals surface area contributed by atoms with Crippen LogP contribution in [0.3, 0.4) is 0 Å². The third-order valence-electron chi connectivity index (χ3n) is 1.31. The minimum Gasteiger partial charge on any atom is -0.481 e. The van der Waals surface area contributed by atoms with Crippen molar-refractivity contribution in [3.8, 4) is 0 Å². The molecule has 1 rings (SSSR count). The van der Waals surface area contributed by atoms with Crippen LogP contribution in [0.2, 0.25) is 0 Å². The third kappa shape index (κ3) is 1.45. The number of carbonyl (C=O) groups is 1. The predicted octanol–water partition coefficient (Wildman–Crippen LogP) is 1.09. The number of aliphatic hydroxyl groups is 1. The van der Waals surface area contributed by atoms with Crippen molar-refractivity contribution < 1.29 is 19.4 Å². The molecule has 0 unspecified atom stereocenters. The van der Waals surface area contributed by atoms with Crippen LogP contribution in [0.15, 0.2) is 11.5 Å². The highest BCUT2D eigenvalue weighted by Crippen LogP contribution is 2.24. The summed E-state index contributed by atoms with van der Waals surface area (Å²) in [7, 11) is 0. The van der Waals surface area contributed by atoms with E-state index in [2.05, 4.69) is 0 Å². The molecule has 0 saturated heterocycles. The maximum Gasteiger partial charge on any atom is 0.344 e. The summed E-state index contributed by atoms with van der Waals surface area (Å²) >= 11 is 0. The van der Waals surface area contributed by atoms with Gasteiger partial charge < -0.3 is 14.6 Å². The van der Waals surface area contributed by atoms with Crippen molar-refractivity contribution in [3.63, 3.8) is 0 Å². The van der Waals surface area contributed by atoms with Crippen LogP contribution in [-0.2, 0) is 14.3 Å². The van der Waals surface area contributed by atoms with Gasteiger partial charge in [-0.25, -0.2) is 4.79 Å². The van der Waals surface area contributed by atoms with Crippen molar-refractivity contribution in [2.45, 2.75) is 26.6 Å². The number of cyclic esters (lactones) is 1. The second-order valence-electron chi connectivity index (χ2n) is 2.82. The van der Waals surface area contributed by atoms with Gasteiger partial charge in [0.15, 0.2) is 0 Å². The summed E-state index contributed by atoms with van der Waals surface area (Å²) in [6.45, 7) is 4.54. The Morgan fingerprint density at radius 3 is 2.36 bits per heavy atom. The molecule has 1 aliphatic rings. The number of esters is 1. The van der Waals surface area contributed by atoms with Crippen LogP contribution in [0.5, 0.6) is 0 Å². The summed E-state index contributed by atoms with van der Waals surface area (Å²) in [6, 6.07) is 0. The Hall–Kier alpha value is -1.19. The van der Waals surface area contributed by atoms with E-state index in [9.17, 15) is 4.79 Å². The van der Waals surface area contributed by atoms with E-state index in [-0.39, 0.29) is 11.5 Å². The summed E-state index contributed by atoms with van der Waals surface area (Å²) < 4.78 is 9.63. The molecule has 0 aliphatic carbocycles. The fraction of sp³-hybridized carbons (Fsp3) is 0.571. The second kappa shape index (κ2) is 2.15. The van der Waals surface area contributed by atoms with E-state index in [0.29, 0.717) is 0 Å². The van der Waals surface area contributed by atoms with E-state index in [1.165, 1.54) is 6.92 Å². The molecule has 62 valence electrons. The fourth-order valence-electron chi connectivity index (χ4n) is 0.717. The number of hydrogen-bond acceptors (Lipinski definition) is 4. The molecular formula is C7H10O4. The molecule has 1 aliphatic heterocycles. The average molecular weight is 158 g/mol. The van der Waals surface area contributed by atoms with Crippen molar-refractivity contribution in [1.82, 2.24) is 0 Å². The van der Waals surface area contributed by atoms with Crippen LogP contribution >= 0.6 is 0 Å². The van der Waals surface area contributed by atoms with Crippen molar-refractivity contribution in [2.24, 2.45) is 0 Å². The van der Waals surface area contributed by atoms with Gasteiger partial charge in [-0.1, -0.05) is 0 Å². The molecule has 1 heterocycles. The predicted molar refractivity (Wildman–Crippen MR) is 36.6 cm³/mol. The van der Waals surface area contributed by atoms with Crippen molar-refractivity contribution in [1.29, 1.82) is 0 Å². The highest BCUT2D eigenvalue weighted by molar-refractivity contribution is 5.88. The van der Waals surface area contributed by atoms with Crippen LogP contribution in [0, 0.1) is 0 Å². The lowest BCUT2D eigenvalue weighted by molar-refractivity contribution is -0.221. The van der Waals surface area contributed by atoms with Crippen molar-refractivity contribution in [3.05, 3.63) is 11.5 Å². The molecule has 0 aromatic heterocycles. The molecule has 0 amide bonds. The van der Waals surface area contributed by atoms with Crippen LogP contribution in [0.25, 0.3) is 0 Å². The zero-order chi connectivity index (χ0) is 8.65. The van der Waals surface area contributed by atoms with Gasteiger partial charge in [-0.15, -0.1) is 0 Å². The maximum atomic E-state index is 10.9. The quantitative estimate of drug-likeness (QED) is 0.536. The van der Waals surface area contributed by atoms with Gasteiger partial charge in [0.2, 0.25) is 0 Å². The van der Waals surface area contributed by atoms with Crippen molar-refractivity contribution in [2.75, 3.05) is 0 Å². The third-order valence-corrected chi connectivity index (χ3v) is 1.31. The van der Waals surface area contributed by atoms with Crippen LogP contribution in [0.4, 0.5) is 0 Å². The topological polar surface area (TPSA) is 55.8 Å². The molecule has 11 heavy (non-hydrogen) atoms. The summed E-state index contributed by atoms with van der Waals surface area (Å²) in [5.74, 6) is -1.95. The Morgan fingerprint density at radius 2 is 1.91 bits per heavy atom. The molecule has 0 aromatic rings. The zero-order valence-electron chi connectivity index (χ0n) is 6.67. The van der Waals surface area contributed by atoms with E-state index in [1.807, 2.05) is 0 Å². The van der Waals surface area contributed by atoms with E-state index >= 15 is 0 Å². The first kappa shape index (κ1) is 7.91. The Kier molecular flexibility index (Phi) is 1.55. The molecule has 4 nitrogen and oxygen atoms in total. The molecule has 0 saturated carbocycles. The molecule has 0 fully saturated rings. The van der Waals surface area contributed by atoms with E-state index in [0.717, 1.165) is 0 Å². The molecule has 1 N–H and O–H groups in total. The summed E-state index contributed by atoms with van der Waals surface area (Å²) in [5.41, 5.74) is 0.101. The van der Waals surface area contributed by atoms with Crippen molar-refractivity contribution >= 4 is 5.97 Å². The molecule has 4 heteroatoms. The minimum atomic E-state index is -1.05. The average Bonchev–Trinajstić information content (AvgIpc) is 1.81. The van der Waals surface area contributed by atoms with Crippen LogP contribution in [-0.4, -0.2) is 16.9 Å². The normalized spacial score (nSPS) is 22.6. The molecule has 0 atom stereocenters. The SMILES string of the molecule is CC1=C(O)OC(C)(C)OC1=O. The summed E-state index contributed by atoms with van der Waals surface area (Å²) in [5, 5.41) is 9.04. The van der Waals surface area contributed by atoms with Gasteiger partial charge >= 0.3 is 5.97 Å². The monoisotopic (exact) mass is 158 g/mol. The number of hydrogen-bond donors (Lipinski definition) is 1. The van der Waals surface area contributed by atoms with Gasteiger partial charge in [-0.05, 0) is 6.92 Å². The lowest BCUT2D eigenvalue weighted by Gasteiger charge is -2.29. The number of aliphatic hydroxyl groups excluding tert-OH is 1. The Morgan fingerprint density at radius 1 is 1.36 bits per heavy atom. The van der Waals surface area contributed by atoms with Crippen LogP contribution < -0.4 is 0 Å². The standard InChI is InChI=1S/C7H10O4/c1-4-5(8)10-7(2,3)11-6(4)9/h8H,1-3H3. The van der Waals surface area contributed by atoms with Gasteiger partial charge in [-0.3, -0.25) is 0 Å². The lowest BCUT2D eigenvalue weighted by Crippen LogP contribution is -2.36. The number of ether oxygens (including phenoxy) is 2. The smallest absolute Gasteiger partial charge is 0.344 e. The molecule has 0 aromatic carbocycles. The van der Waals surface area contributed by atoms with E-state index in [4.69, 9.17) is 14.6 Å². The second-order valence-corrected chi connectivity index (χ2v) is 2.82. The number of rotatable bonds is 0. The summed E-state index contributed by atoms with van der Waals surface area (Å²) in [6.07, 6.45) is 0. The summed E-state index contributed by atoms with van der Waals surface area (Å²) in [4.78, 5) is 10.9. The van der Waals surface area contributed by atoms with Gasteiger partial charge in [-0.2, -0.15) is 0 Å². The molecule has 0 radical (unpaired) electrons. The first-order valence-electron chi connectivity index (χ1n) is 3.24. The number of carbonyl (C=O) groups excluding carboxylic acids is 1. The highest BCUT2D eigenvalue weighted by Gasteiger charge is 2.33. The zero-order valence-corrected chi connectivity index (χ0v) is 6.67. The molecular weight excluding hydrogens is 148 g/mol. The molecule has 0 bridgehead atoms. The first-order valence-corrected chi connectivity index (χ1v) is 3.24. The first-order chi connectivity index (χ1) is 4.92. The lowest BCUT2D eigenvalue weighted by atomic mass is 10.3. The highest BCUT2D eigenvalue weighted by atomic mass is 16.8.